The number of Topliss-reactive ketones (excluding diaryl/α,β-unsaturated/α-hetero) is 1. The van der Waals surface area contributed by atoms with Gasteiger partial charge in [0.25, 0.3) is 0 Å². The Morgan fingerprint density at radius 3 is 2.71 bits per heavy atom. The van der Waals surface area contributed by atoms with Crippen molar-refractivity contribution in [3.8, 4) is 0 Å². The molecule has 8 heteroatoms. The molecule has 2 aliphatic heterocycles. The average molecular weight is 371 g/mol. The molecule has 5 nitrogen and oxygen atoms in total. The van der Waals surface area contributed by atoms with Crippen LogP contribution in [0.25, 0.3) is 0 Å². The first-order valence-corrected chi connectivity index (χ1v) is 7.90. The standard InChI is InChI=1S/C16H13Cl2FN2O3/c1-6-11(16(23)24)14(12-8(19)3-2-7(17)15(12)18)13-9(21-6)4-20-5-10(13)22/h2-3,14,20-21H,4-5H2,1H3,(H,23,24). The summed E-state index contributed by atoms with van der Waals surface area (Å²) in [6, 6.07) is 2.41. The van der Waals surface area contributed by atoms with Gasteiger partial charge in [-0.2, -0.15) is 0 Å². The number of aliphatic carboxylic acids is 1. The van der Waals surface area contributed by atoms with Crippen LogP contribution in [0.2, 0.25) is 10.0 Å². The molecule has 0 spiro atoms. The second-order valence-corrected chi connectivity index (χ2v) is 6.36. The molecule has 2 heterocycles. The van der Waals surface area contributed by atoms with Crippen LogP contribution in [0.5, 0.6) is 0 Å². The summed E-state index contributed by atoms with van der Waals surface area (Å²) < 4.78 is 14.5. The maximum Gasteiger partial charge on any atom is 0.334 e. The van der Waals surface area contributed by atoms with E-state index in [0.29, 0.717) is 17.9 Å². The van der Waals surface area contributed by atoms with Crippen molar-refractivity contribution >= 4 is 35.0 Å². The van der Waals surface area contributed by atoms with Gasteiger partial charge in [0.05, 0.1) is 28.1 Å². The first-order chi connectivity index (χ1) is 11.3. The van der Waals surface area contributed by atoms with Gasteiger partial charge in [0, 0.05) is 29.1 Å². The van der Waals surface area contributed by atoms with E-state index in [1.165, 1.54) is 6.07 Å². The van der Waals surface area contributed by atoms with Gasteiger partial charge < -0.3 is 15.7 Å². The molecule has 0 amide bonds. The zero-order chi connectivity index (χ0) is 17.6. The molecule has 24 heavy (non-hydrogen) atoms. The Labute approximate surface area is 147 Å². The smallest absolute Gasteiger partial charge is 0.334 e. The third kappa shape index (κ3) is 2.60. The molecule has 0 saturated carbocycles. The number of carbonyl (C=O) groups is 2. The molecule has 0 saturated heterocycles. The van der Waals surface area contributed by atoms with Gasteiger partial charge in [-0.25, -0.2) is 9.18 Å². The number of ketones is 1. The molecule has 0 radical (unpaired) electrons. The van der Waals surface area contributed by atoms with Crippen LogP contribution in [0.4, 0.5) is 4.39 Å². The SMILES string of the molecule is CC1=C(C(=O)O)C(c2c(F)ccc(Cl)c2Cl)C2=C(CNCC2=O)N1. The summed E-state index contributed by atoms with van der Waals surface area (Å²) in [5.74, 6) is -3.38. The molecule has 3 rings (SSSR count). The van der Waals surface area contributed by atoms with Crippen LogP contribution < -0.4 is 10.6 Å². The Balaban J connectivity index is 2.32. The predicted octanol–water partition coefficient (Wildman–Crippen LogP) is 2.60. The fraction of sp³-hybridized carbons (Fsp3) is 0.250. The lowest BCUT2D eigenvalue weighted by Gasteiger charge is -2.34. The van der Waals surface area contributed by atoms with E-state index in [2.05, 4.69) is 10.6 Å². The number of carbonyl (C=O) groups excluding carboxylic acids is 1. The van der Waals surface area contributed by atoms with Gasteiger partial charge in [0.1, 0.15) is 5.82 Å². The highest BCUT2D eigenvalue weighted by atomic mass is 35.5. The second-order valence-electron chi connectivity index (χ2n) is 5.58. The average Bonchev–Trinajstić information content (AvgIpc) is 2.50. The summed E-state index contributed by atoms with van der Waals surface area (Å²) in [6.45, 7) is 1.96. The van der Waals surface area contributed by atoms with E-state index in [1.54, 1.807) is 6.92 Å². The molecular formula is C16H13Cl2FN2O3. The van der Waals surface area contributed by atoms with E-state index in [4.69, 9.17) is 23.2 Å². The minimum absolute atomic E-state index is 0.0444. The number of nitrogens with one attached hydrogen (secondary N) is 2. The number of hydrogen-bond donors (Lipinski definition) is 3. The topological polar surface area (TPSA) is 78.4 Å². The predicted molar refractivity (Wildman–Crippen MR) is 87.5 cm³/mol. The van der Waals surface area contributed by atoms with Crippen molar-refractivity contribution in [2.45, 2.75) is 12.8 Å². The normalized spacial score (nSPS) is 20.8. The number of carboxylic acid groups (broad SMARTS) is 1. The monoisotopic (exact) mass is 370 g/mol. The second kappa shape index (κ2) is 6.20. The number of benzene rings is 1. The maximum absolute atomic E-state index is 14.5. The van der Waals surface area contributed by atoms with Gasteiger partial charge in [-0.15, -0.1) is 0 Å². The van der Waals surface area contributed by atoms with Crippen LogP contribution in [-0.4, -0.2) is 29.9 Å². The zero-order valence-corrected chi connectivity index (χ0v) is 14.1. The molecule has 0 bridgehead atoms. The lowest BCUT2D eigenvalue weighted by atomic mass is 9.77. The Morgan fingerprint density at radius 2 is 2.04 bits per heavy atom. The first kappa shape index (κ1) is 17.0. The number of allylic oxidation sites excluding steroid dienone is 1. The molecule has 3 N–H and O–H groups in total. The molecule has 1 aromatic carbocycles. The van der Waals surface area contributed by atoms with Gasteiger partial charge in [0.15, 0.2) is 5.78 Å². The van der Waals surface area contributed by atoms with Crippen molar-refractivity contribution in [2.24, 2.45) is 0 Å². The van der Waals surface area contributed by atoms with Crippen LogP contribution >= 0.6 is 23.2 Å². The highest BCUT2D eigenvalue weighted by Crippen LogP contribution is 2.44. The Kier molecular flexibility index (Phi) is 4.38. The van der Waals surface area contributed by atoms with Gasteiger partial charge in [0.2, 0.25) is 0 Å². The first-order valence-electron chi connectivity index (χ1n) is 7.14. The molecule has 1 aromatic rings. The molecule has 0 aromatic heterocycles. The largest absolute Gasteiger partial charge is 0.478 e. The Morgan fingerprint density at radius 1 is 1.33 bits per heavy atom. The van der Waals surface area contributed by atoms with Crippen molar-refractivity contribution in [1.29, 1.82) is 0 Å². The van der Waals surface area contributed by atoms with Gasteiger partial charge in [-0.1, -0.05) is 23.2 Å². The van der Waals surface area contributed by atoms with Crippen LogP contribution in [0.15, 0.2) is 34.7 Å². The lowest BCUT2D eigenvalue weighted by Crippen LogP contribution is -2.43. The van der Waals surface area contributed by atoms with Crippen LogP contribution in [0.3, 0.4) is 0 Å². The summed E-state index contributed by atoms with van der Waals surface area (Å²) in [5.41, 5.74) is 0.851. The minimum atomic E-state index is -1.25. The summed E-state index contributed by atoms with van der Waals surface area (Å²) in [5, 5.41) is 15.5. The number of rotatable bonds is 2. The van der Waals surface area contributed by atoms with E-state index < -0.39 is 17.7 Å². The maximum atomic E-state index is 14.5. The third-order valence-electron chi connectivity index (χ3n) is 4.13. The van der Waals surface area contributed by atoms with Crippen LogP contribution in [-0.2, 0) is 9.59 Å². The minimum Gasteiger partial charge on any atom is -0.478 e. The van der Waals surface area contributed by atoms with E-state index in [-0.39, 0.29) is 39.1 Å². The van der Waals surface area contributed by atoms with Gasteiger partial charge in [-0.05, 0) is 19.1 Å². The van der Waals surface area contributed by atoms with E-state index in [9.17, 15) is 19.1 Å². The Hall–Kier alpha value is -1.89. The van der Waals surface area contributed by atoms with Gasteiger partial charge >= 0.3 is 5.97 Å². The quantitative estimate of drug-likeness (QED) is 0.697. The molecule has 0 fully saturated rings. The van der Waals surface area contributed by atoms with E-state index >= 15 is 0 Å². The fourth-order valence-electron chi connectivity index (χ4n) is 3.14. The summed E-state index contributed by atoms with van der Waals surface area (Å²) in [6.07, 6.45) is 0. The number of hydrogen-bond acceptors (Lipinski definition) is 4. The van der Waals surface area contributed by atoms with Crippen molar-refractivity contribution < 1.29 is 19.1 Å². The zero-order valence-electron chi connectivity index (χ0n) is 12.5. The lowest BCUT2D eigenvalue weighted by molar-refractivity contribution is -0.133. The number of dihydropyridines is 1. The summed E-state index contributed by atoms with van der Waals surface area (Å²) >= 11 is 12.2. The molecule has 126 valence electrons. The molecule has 1 atom stereocenters. The van der Waals surface area contributed by atoms with E-state index in [1.807, 2.05) is 0 Å². The van der Waals surface area contributed by atoms with Crippen molar-refractivity contribution in [3.63, 3.8) is 0 Å². The number of carboxylic acids is 1. The highest BCUT2D eigenvalue weighted by Gasteiger charge is 2.40. The van der Waals surface area contributed by atoms with E-state index in [0.717, 1.165) is 6.07 Å². The van der Waals surface area contributed by atoms with Crippen LogP contribution in [0, 0.1) is 5.82 Å². The fourth-order valence-corrected chi connectivity index (χ4v) is 3.57. The van der Waals surface area contributed by atoms with Crippen LogP contribution in [0.1, 0.15) is 18.4 Å². The molecular weight excluding hydrogens is 358 g/mol. The van der Waals surface area contributed by atoms with Crippen molar-refractivity contribution in [2.75, 3.05) is 13.1 Å². The summed E-state index contributed by atoms with van der Waals surface area (Å²) in [4.78, 5) is 24.2. The number of halogens is 3. The van der Waals surface area contributed by atoms with Crippen molar-refractivity contribution in [3.05, 3.63) is 56.1 Å². The molecule has 0 aliphatic carbocycles. The van der Waals surface area contributed by atoms with Crippen molar-refractivity contribution in [1.82, 2.24) is 10.6 Å². The highest BCUT2D eigenvalue weighted by molar-refractivity contribution is 6.42. The third-order valence-corrected chi connectivity index (χ3v) is 4.95. The molecule has 2 aliphatic rings. The Bertz CT molecular complexity index is 833. The van der Waals surface area contributed by atoms with Gasteiger partial charge in [-0.3, -0.25) is 4.79 Å². The molecule has 1 unspecified atom stereocenters. The summed E-state index contributed by atoms with van der Waals surface area (Å²) in [7, 11) is 0.